The molecule has 0 saturated heterocycles. The summed E-state index contributed by atoms with van der Waals surface area (Å²) in [5, 5.41) is 11.7. The van der Waals surface area contributed by atoms with Crippen LogP contribution in [0.15, 0.2) is 66.7 Å². The molecule has 0 amide bonds. The first-order valence-corrected chi connectivity index (χ1v) is 7.77. The van der Waals surface area contributed by atoms with Crippen LogP contribution in [0.1, 0.15) is 11.1 Å². The van der Waals surface area contributed by atoms with Crippen molar-refractivity contribution in [2.45, 2.75) is 0 Å². The van der Waals surface area contributed by atoms with Gasteiger partial charge in [0, 0.05) is 19.8 Å². The molecule has 1 N–H and O–H groups in total. The van der Waals surface area contributed by atoms with Gasteiger partial charge in [0.1, 0.15) is 0 Å². The first-order chi connectivity index (χ1) is 11.6. The van der Waals surface area contributed by atoms with E-state index in [1.807, 2.05) is 85.7 Å². The average Bonchev–Trinajstić information content (AvgIpc) is 2.59. The Morgan fingerprint density at radius 1 is 0.917 bits per heavy atom. The van der Waals surface area contributed by atoms with Crippen LogP contribution in [0.3, 0.4) is 0 Å². The van der Waals surface area contributed by atoms with Crippen LogP contribution >= 0.6 is 0 Å². The largest absolute Gasteiger partial charge is 0.478 e. The van der Waals surface area contributed by atoms with Crippen molar-refractivity contribution in [1.82, 2.24) is 0 Å². The molecule has 0 aliphatic heterocycles. The molecule has 0 aliphatic carbocycles. The Balaban J connectivity index is 2.11. The minimum atomic E-state index is -0.928. The van der Waals surface area contributed by atoms with Crippen LogP contribution in [0.2, 0.25) is 0 Å². The van der Waals surface area contributed by atoms with E-state index in [-0.39, 0.29) is 0 Å². The second-order valence-electron chi connectivity index (χ2n) is 5.88. The Kier molecular flexibility index (Phi) is 4.34. The number of rotatable bonds is 4. The molecule has 24 heavy (non-hydrogen) atoms. The molecular formula is C21H19NO2. The third-order valence-corrected chi connectivity index (χ3v) is 4.03. The minimum Gasteiger partial charge on any atom is -0.478 e. The van der Waals surface area contributed by atoms with Gasteiger partial charge in [0.2, 0.25) is 0 Å². The normalized spacial score (nSPS) is 11.5. The van der Waals surface area contributed by atoms with Crippen molar-refractivity contribution in [3.05, 3.63) is 77.9 Å². The molecule has 0 heterocycles. The fourth-order valence-corrected chi connectivity index (χ4v) is 2.75. The molecule has 3 heteroatoms. The number of benzene rings is 3. The van der Waals surface area contributed by atoms with E-state index in [9.17, 15) is 9.90 Å². The lowest BCUT2D eigenvalue weighted by atomic mass is 9.96. The van der Waals surface area contributed by atoms with Crippen molar-refractivity contribution in [3.8, 4) is 0 Å². The van der Waals surface area contributed by atoms with Crippen molar-refractivity contribution >= 4 is 34.1 Å². The van der Waals surface area contributed by atoms with Crippen LogP contribution in [0.25, 0.3) is 22.4 Å². The molecule has 0 aromatic heterocycles. The van der Waals surface area contributed by atoms with Crippen molar-refractivity contribution in [3.63, 3.8) is 0 Å². The van der Waals surface area contributed by atoms with Crippen LogP contribution in [0.4, 0.5) is 5.69 Å². The van der Waals surface area contributed by atoms with Crippen LogP contribution in [-0.2, 0) is 4.79 Å². The van der Waals surface area contributed by atoms with E-state index in [0.717, 1.165) is 27.6 Å². The standard InChI is InChI=1S/C21H19NO2/c1-22(2)17-12-10-15(11-13-17)14-20(21(23)24)19-9-5-7-16-6-3-4-8-18(16)19/h3-14H,1-2H3,(H,23,24)/b20-14-. The van der Waals surface area contributed by atoms with Crippen LogP contribution in [0.5, 0.6) is 0 Å². The summed E-state index contributed by atoms with van der Waals surface area (Å²) in [6.45, 7) is 0. The molecule has 0 aliphatic rings. The molecule has 0 bridgehead atoms. The summed E-state index contributed by atoms with van der Waals surface area (Å²) in [6, 6.07) is 21.4. The fraction of sp³-hybridized carbons (Fsp3) is 0.0952. The quantitative estimate of drug-likeness (QED) is 0.567. The van der Waals surface area contributed by atoms with E-state index in [4.69, 9.17) is 0 Å². The summed E-state index contributed by atoms with van der Waals surface area (Å²) in [5.74, 6) is -0.928. The molecule has 0 spiro atoms. The molecule has 3 aromatic rings. The Morgan fingerprint density at radius 2 is 1.58 bits per heavy atom. The number of carbonyl (C=O) groups is 1. The summed E-state index contributed by atoms with van der Waals surface area (Å²) in [5.41, 5.74) is 2.97. The number of carboxylic acid groups (broad SMARTS) is 1. The summed E-state index contributed by atoms with van der Waals surface area (Å²) < 4.78 is 0. The summed E-state index contributed by atoms with van der Waals surface area (Å²) >= 11 is 0. The third-order valence-electron chi connectivity index (χ3n) is 4.03. The van der Waals surface area contributed by atoms with Gasteiger partial charge in [0.05, 0.1) is 5.57 Å². The van der Waals surface area contributed by atoms with Crippen molar-refractivity contribution in [2.75, 3.05) is 19.0 Å². The van der Waals surface area contributed by atoms with Gasteiger partial charge in [-0.3, -0.25) is 0 Å². The number of anilines is 1. The Hall–Kier alpha value is -3.07. The third kappa shape index (κ3) is 3.15. The molecule has 0 unspecified atom stereocenters. The van der Waals surface area contributed by atoms with Crippen molar-refractivity contribution in [2.24, 2.45) is 0 Å². The van der Waals surface area contributed by atoms with Crippen LogP contribution in [-0.4, -0.2) is 25.2 Å². The lowest BCUT2D eigenvalue weighted by Crippen LogP contribution is -2.08. The molecule has 0 fully saturated rings. The van der Waals surface area contributed by atoms with Crippen molar-refractivity contribution in [1.29, 1.82) is 0 Å². The highest BCUT2D eigenvalue weighted by molar-refractivity contribution is 6.23. The molecule has 0 atom stereocenters. The Labute approximate surface area is 141 Å². The second-order valence-corrected chi connectivity index (χ2v) is 5.88. The van der Waals surface area contributed by atoms with Gasteiger partial charge >= 0.3 is 5.97 Å². The predicted molar refractivity (Wildman–Crippen MR) is 100 cm³/mol. The number of carboxylic acids is 1. The zero-order chi connectivity index (χ0) is 17.1. The maximum Gasteiger partial charge on any atom is 0.336 e. The van der Waals surface area contributed by atoms with Gasteiger partial charge in [0.15, 0.2) is 0 Å². The Bertz CT molecular complexity index is 903. The minimum absolute atomic E-state index is 0.296. The number of aliphatic carboxylic acids is 1. The zero-order valence-electron chi connectivity index (χ0n) is 13.7. The van der Waals surface area contributed by atoms with Gasteiger partial charge in [-0.25, -0.2) is 4.79 Å². The number of hydrogen-bond acceptors (Lipinski definition) is 2. The lowest BCUT2D eigenvalue weighted by molar-refractivity contribution is -0.130. The highest BCUT2D eigenvalue weighted by Crippen LogP contribution is 2.27. The molecule has 0 radical (unpaired) electrons. The molecule has 0 saturated carbocycles. The molecule has 3 aromatic carbocycles. The SMILES string of the molecule is CN(C)c1ccc(/C=C(\C(=O)O)c2cccc3ccccc23)cc1. The van der Waals surface area contributed by atoms with Crippen LogP contribution in [0, 0.1) is 0 Å². The summed E-state index contributed by atoms with van der Waals surface area (Å²) in [6.07, 6.45) is 1.73. The second kappa shape index (κ2) is 6.59. The van der Waals surface area contributed by atoms with Gasteiger partial charge in [-0.05, 0) is 40.1 Å². The first-order valence-electron chi connectivity index (χ1n) is 7.77. The number of hydrogen-bond donors (Lipinski definition) is 1. The highest BCUT2D eigenvalue weighted by atomic mass is 16.4. The smallest absolute Gasteiger partial charge is 0.336 e. The molecule has 120 valence electrons. The fourth-order valence-electron chi connectivity index (χ4n) is 2.75. The van der Waals surface area contributed by atoms with Gasteiger partial charge in [-0.15, -0.1) is 0 Å². The van der Waals surface area contributed by atoms with Crippen LogP contribution < -0.4 is 4.90 Å². The highest BCUT2D eigenvalue weighted by Gasteiger charge is 2.13. The predicted octanol–water partition coefficient (Wildman–Crippen LogP) is 4.53. The zero-order valence-corrected chi connectivity index (χ0v) is 13.7. The summed E-state index contributed by atoms with van der Waals surface area (Å²) in [4.78, 5) is 13.9. The van der Waals surface area contributed by atoms with E-state index in [1.165, 1.54) is 0 Å². The first kappa shape index (κ1) is 15.8. The van der Waals surface area contributed by atoms with E-state index in [2.05, 4.69) is 0 Å². The van der Waals surface area contributed by atoms with Crippen molar-refractivity contribution < 1.29 is 9.90 Å². The molecule has 3 rings (SSSR count). The number of nitrogens with zero attached hydrogens (tertiary/aromatic N) is 1. The van der Waals surface area contributed by atoms with Gasteiger partial charge in [-0.1, -0.05) is 54.6 Å². The number of fused-ring (bicyclic) bond motifs is 1. The Morgan fingerprint density at radius 3 is 2.25 bits per heavy atom. The maximum absolute atomic E-state index is 11.8. The van der Waals surface area contributed by atoms with E-state index >= 15 is 0 Å². The van der Waals surface area contributed by atoms with E-state index < -0.39 is 5.97 Å². The van der Waals surface area contributed by atoms with Gasteiger partial charge < -0.3 is 10.0 Å². The average molecular weight is 317 g/mol. The summed E-state index contributed by atoms with van der Waals surface area (Å²) in [7, 11) is 3.95. The molecule has 3 nitrogen and oxygen atoms in total. The monoisotopic (exact) mass is 317 g/mol. The van der Waals surface area contributed by atoms with E-state index in [1.54, 1.807) is 6.08 Å². The lowest BCUT2D eigenvalue weighted by Gasteiger charge is -2.12. The molecular weight excluding hydrogens is 298 g/mol. The maximum atomic E-state index is 11.8. The van der Waals surface area contributed by atoms with E-state index in [0.29, 0.717) is 5.57 Å². The van der Waals surface area contributed by atoms with Gasteiger partial charge in [0.25, 0.3) is 0 Å². The topological polar surface area (TPSA) is 40.5 Å². The van der Waals surface area contributed by atoms with Gasteiger partial charge in [-0.2, -0.15) is 0 Å².